The van der Waals surface area contributed by atoms with Gasteiger partial charge < -0.3 is 5.11 Å². The van der Waals surface area contributed by atoms with Crippen LogP contribution in [0.3, 0.4) is 0 Å². The zero-order chi connectivity index (χ0) is 15.6. The fourth-order valence-corrected chi connectivity index (χ4v) is 5.15. The van der Waals surface area contributed by atoms with Gasteiger partial charge in [0.25, 0.3) is 0 Å². The largest absolute Gasteiger partial charge is 0.481 e. The van der Waals surface area contributed by atoms with Crippen LogP contribution in [0.15, 0.2) is 5.51 Å². The number of aliphatic carboxylic acids is 1. The molecule has 2 rings (SSSR count). The van der Waals surface area contributed by atoms with Crippen LogP contribution < -0.4 is 0 Å². The fraction of sp³-hybridized carbons (Fsp3) is 0.692. The topological polar surface area (TPSA) is 87.6 Å². The van der Waals surface area contributed by atoms with Crippen LogP contribution in [0, 0.1) is 18.8 Å². The molecule has 1 aliphatic heterocycles. The molecule has 0 bridgehead atoms. The quantitative estimate of drug-likeness (QED) is 0.880. The Morgan fingerprint density at radius 1 is 1.52 bits per heavy atom. The lowest BCUT2D eigenvalue weighted by atomic mass is 9.92. The van der Waals surface area contributed by atoms with Gasteiger partial charge in [-0.3, -0.25) is 4.79 Å². The minimum atomic E-state index is -3.43. The number of hydrogen-bond acceptors (Lipinski definition) is 5. The molecular formula is C13H20N2O4S2. The molecule has 0 radical (unpaired) electrons. The van der Waals surface area contributed by atoms with Crippen LogP contribution in [0.2, 0.25) is 0 Å². The van der Waals surface area contributed by atoms with Crippen LogP contribution in [-0.2, 0) is 21.2 Å². The first-order valence-electron chi connectivity index (χ1n) is 6.89. The van der Waals surface area contributed by atoms with Crippen molar-refractivity contribution in [3.05, 3.63) is 16.1 Å². The second-order valence-corrected chi connectivity index (χ2v) is 8.65. The molecule has 8 heteroatoms. The van der Waals surface area contributed by atoms with E-state index < -0.39 is 21.9 Å². The molecule has 0 amide bonds. The number of sulfonamides is 1. The summed E-state index contributed by atoms with van der Waals surface area (Å²) in [6.07, 6.45) is 0.969. The summed E-state index contributed by atoms with van der Waals surface area (Å²) < 4.78 is 26.2. The Morgan fingerprint density at radius 2 is 2.24 bits per heavy atom. The molecule has 1 fully saturated rings. The summed E-state index contributed by atoms with van der Waals surface area (Å²) in [7, 11) is -3.43. The van der Waals surface area contributed by atoms with Crippen LogP contribution in [-0.4, -0.2) is 47.6 Å². The summed E-state index contributed by atoms with van der Waals surface area (Å²) in [5.41, 5.74) is 2.58. The molecule has 6 nitrogen and oxygen atoms in total. The van der Waals surface area contributed by atoms with Gasteiger partial charge in [0.05, 0.1) is 22.9 Å². The van der Waals surface area contributed by atoms with Crippen molar-refractivity contribution in [3.63, 3.8) is 0 Å². The molecule has 2 unspecified atom stereocenters. The van der Waals surface area contributed by atoms with Crippen LogP contribution in [0.4, 0.5) is 0 Å². The van der Waals surface area contributed by atoms with Crippen molar-refractivity contribution < 1.29 is 18.3 Å². The van der Waals surface area contributed by atoms with Crippen molar-refractivity contribution in [1.82, 2.24) is 9.29 Å². The molecule has 1 aromatic rings. The molecule has 118 valence electrons. The monoisotopic (exact) mass is 332 g/mol. The summed E-state index contributed by atoms with van der Waals surface area (Å²) in [4.78, 5) is 16.2. The zero-order valence-electron chi connectivity index (χ0n) is 12.2. The van der Waals surface area contributed by atoms with Gasteiger partial charge >= 0.3 is 5.97 Å². The van der Waals surface area contributed by atoms with E-state index in [0.717, 1.165) is 10.6 Å². The van der Waals surface area contributed by atoms with Crippen LogP contribution in [0.25, 0.3) is 0 Å². The molecule has 1 N–H and O–H groups in total. The van der Waals surface area contributed by atoms with E-state index in [0.29, 0.717) is 19.4 Å². The normalized spacial score (nSPS) is 24.1. The highest BCUT2D eigenvalue weighted by molar-refractivity contribution is 7.89. The molecular weight excluding hydrogens is 312 g/mol. The molecule has 21 heavy (non-hydrogen) atoms. The molecule has 0 aromatic carbocycles. The maximum atomic E-state index is 12.4. The standard InChI is InChI=1S/C13H20N2O4S2/c1-9-5-11(13(16)17)7-15(6-9)21(18,19)4-3-12-10(2)14-8-20-12/h8-9,11H,3-7H2,1-2H3,(H,16,17). The Bertz CT molecular complexity index is 611. The Balaban J connectivity index is 2.04. The second-order valence-electron chi connectivity index (χ2n) is 5.62. The zero-order valence-corrected chi connectivity index (χ0v) is 13.8. The predicted octanol–water partition coefficient (Wildman–Crippen LogP) is 1.37. The van der Waals surface area contributed by atoms with Gasteiger partial charge in [0.2, 0.25) is 10.0 Å². The number of carboxylic acid groups (broad SMARTS) is 1. The van der Waals surface area contributed by atoms with E-state index in [1.54, 1.807) is 5.51 Å². The first kappa shape index (κ1) is 16.4. The van der Waals surface area contributed by atoms with Crippen molar-refractivity contribution >= 4 is 27.3 Å². The molecule has 1 aliphatic rings. The van der Waals surface area contributed by atoms with Gasteiger partial charge in [0.15, 0.2) is 0 Å². The number of nitrogens with zero attached hydrogens (tertiary/aromatic N) is 2. The van der Waals surface area contributed by atoms with Gasteiger partial charge in [-0.2, -0.15) is 0 Å². The van der Waals surface area contributed by atoms with Crippen LogP contribution in [0.1, 0.15) is 23.9 Å². The lowest BCUT2D eigenvalue weighted by molar-refractivity contribution is -0.143. The smallest absolute Gasteiger partial charge is 0.307 e. The van der Waals surface area contributed by atoms with Crippen LogP contribution >= 0.6 is 11.3 Å². The van der Waals surface area contributed by atoms with E-state index >= 15 is 0 Å². The van der Waals surface area contributed by atoms with Gasteiger partial charge in [-0.15, -0.1) is 11.3 Å². The highest BCUT2D eigenvalue weighted by atomic mass is 32.2. The van der Waals surface area contributed by atoms with Crippen molar-refractivity contribution in [2.45, 2.75) is 26.7 Å². The minimum Gasteiger partial charge on any atom is -0.481 e. The first-order valence-corrected chi connectivity index (χ1v) is 9.38. The molecule has 0 aliphatic carbocycles. The SMILES string of the molecule is Cc1ncsc1CCS(=O)(=O)N1CC(C)CC(C(=O)O)C1. The summed E-state index contributed by atoms with van der Waals surface area (Å²) in [5.74, 6) is -1.44. The van der Waals surface area contributed by atoms with Crippen molar-refractivity contribution in [2.75, 3.05) is 18.8 Å². The van der Waals surface area contributed by atoms with Gasteiger partial charge in [-0.1, -0.05) is 6.92 Å². The van der Waals surface area contributed by atoms with E-state index in [1.165, 1.54) is 15.6 Å². The summed E-state index contributed by atoms with van der Waals surface area (Å²) >= 11 is 1.45. The Labute approximate surface area is 128 Å². The Hall–Kier alpha value is -0.990. The molecule has 1 aromatic heterocycles. The van der Waals surface area contributed by atoms with Gasteiger partial charge in [0, 0.05) is 18.0 Å². The maximum Gasteiger partial charge on any atom is 0.307 e. The average Bonchev–Trinajstić information content (AvgIpc) is 2.81. The number of rotatable bonds is 5. The van der Waals surface area contributed by atoms with E-state index in [9.17, 15) is 13.2 Å². The predicted molar refractivity (Wildman–Crippen MR) is 80.8 cm³/mol. The highest BCUT2D eigenvalue weighted by Crippen LogP contribution is 2.25. The third-order valence-electron chi connectivity index (χ3n) is 3.80. The van der Waals surface area contributed by atoms with Crippen molar-refractivity contribution in [3.8, 4) is 0 Å². The Kier molecular flexibility index (Phi) is 5.00. The molecule has 0 spiro atoms. The molecule has 0 saturated carbocycles. The molecule has 2 atom stereocenters. The van der Waals surface area contributed by atoms with Crippen LogP contribution in [0.5, 0.6) is 0 Å². The van der Waals surface area contributed by atoms with Gasteiger partial charge in [-0.05, 0) is 25.7 Å². The summed E-state index contributed by atoms with van der Waals surface area (Å²) in [6, 6.07) is 0. The summed E-state index contributed by atoms with van der Waals surface area (Å²) in [6.45, 7) is 4.25. The fourth-order valence-electron chi connectivity index (χ4n) is 2.63. The van der Waals surface area contributed by atoms with E-state index in [-0.39, 0.29) is 18.2 Å². The highest BCUT2D eigenvalue weighted by Gasteiger charge is 2.35. The number of carbonyl (C=O) groups is 1. The molecule has 2 heterocycles. The van der Waals surface area contributed by atoms with Gasteiger partial charge in [-0.25, -0.2) is 17.7 Å². The lowest BCUT2D eigenvalue weighted by Crippen LogP contribution is -2.46. The third-order valence-corrected chi connectivity index (χ3v) is 6.60. The van der Waals surface area contributed by atoms with E-state index in [2.05, 4.69) is 4.98 Å². The Morgan fingerprint density at radius 3 is 2.81 bits per heavy atom. The van der Waals surface area contributed by atoms with E-state index in [1.807, 2.05) is 13.8 Å². The maximum absolute atomic E-state index is 12.4. The minimum absolute atomic E-state index is 0.00902. The average molecular weight is 332 g/mol. The number of aryl methyl sites for hydroxylation is 2. The van der Waals surface area contributed by atoms with Gasteiger partial charge in [0.1, 0.15) is 0 Å². The second kappa shape index (κ2) is 6.41. The summed E-state index contributed by atoms with van der Waals surface area (Å²) in [5, 5.41) is 9.13. The van der Waals surface area contributed by atoms with Crippen molar-refractivity contribution in [1.29, 1.82) is 0 Å². The number of thiazole rings is 1. The number of piperidine rings is 1. The lowest BCUT2D eigenvalue weighted by Gasteiger charge is -2.33. The van der Waals surface area contributed by atoms with Crippen molar-refractivity contribution in [2.24, 2.45) is 11.8 Å². The molecule has 1 saturated heterocycles. The number of hydrogen-bond donors (Lipinski definition) is 1. The number of carboxylic acids is 1. The number of aromatic nitrogens is 1. The first-order chi connectivity index (χ1) is 9.79. The third kappa shape index (κ3) is 4.02. The van der Waals surface area contributed by atoms with E-state index in [4.69, 9.17) is 5.11 Å².